The summed E-state index contributed by atoms with van der Waals surface area (Å²) in [7, 11) is 0. The fourth-order valence-corrected chi connectivity index (χ4v) is 1.97. The van der Waals surface area contributed by atoms with E-state index < -0.39 is 0 Å². The first kappa shape index (κ1) is 14.1. The van der Waals surface area contributed by atoms with E-state index in [4.69, 9.17) is 0 Å². The van der Waals surface area contributed by atoms with Crippen LogP contribution in [-0.2, 0) is 0 Å². The number of carbonyl (C=O) groups excluding carboxylic acids is 1. The van der Waals surface area contributed by atoms with Gasteiger partial charge in [0.15, 0.2) is 0 Å². The Morgan fingerprint density at radius 1 is 1.10 bits per heavy atom. The van der Waals surface area contributed by atoms with Gasteiger partial charge in [0, 0.05) is 5.69 Å². The lowest BCUT2D eigenvalue weighted by Gasteiger charge is -2.17. The van der Waals surface area contributed by atoms with Crippen molar-refractivity contribution in [1.29, 1.82) is 0 Å². The zero-order chi connectivity index (χ0) is 14.4. The topological polar surface area (TPSA) is 41.1 Å². The number of halogens is 1. The van der Waals surface area contributed by atoms with Gasteiger partial charge >= 0.3 is 6.03 Å². The lowest BCUT2D eigenvalue weighted by Crippen LogP contribution is -2.32. The Hall–Kier alpha value is -2.36. The van der Waals surface area contributed by atoms with Gasteiger partial charge in [-0.25, -0.2) is 9.18 Å². The minimum atomic E-state index is -0.327. The van der Waals surface area contributed by atoms with Crippen LogP contribution in [0.25, 0.3) is 0 Å². The van der Waals surface area contributed by atoms with Crippen molar-refractivity contribution in [3.63, 3.8) is 0 Å². The fraction of sp³-hybridized carbons (Fsp3) is 0.188. The van der Waals surface area contributed by atoms with Gasteiger partial charge in [-0.2, -0.15) is 0 Å². The van der Waals surface area contributed by atoms with Gasteiger partial charge < -0.3 is 10.6 Å². The van der Waals surface area contributed by atoms with Crippen LogP contribution in [0.4, 0.5) is 14.9 Å². The van der Waals surface area contributed by atoms with Crippen LogP contribution in [0.2, 0.25) is 0 Å². The maximum atomic E-state index is 12.8. The molecule has 1 atom stereocenters. The lowest BCUT2D eigenvalue weighted by molar-refractivity contribution is 0.248. The SMILES string of the molecule is CC[C@@H](NC(=O)Nc1ccc(F)cc1)c1ccccc1. The zero-order valence-corrected chi connectivity index (χ0v) is 11.3. The smallest absolute Gasteiger partial charge is 0.319 e. The third-order valence-electron chi connectivity index (χ3n) is 3.02. The Morgan fingerprint density at radius 3 is 2.35 bits per heavy atom. The summed E-state index contributed by atoms with van der Waals surface area (Å²) in [5.74, 6) is -0.327. The molecule has 0 fully saturated rings. The van der Waals surface area contributed by atoms with Gasteiger partial charge in [-0.15, -0.1) is 0 Å². The second-order valence-electron chi connectivity index (χ2n) is 4.48. The normalized spacial score (nSPS) is 11.7. The molecular formula is C16H17FN2O. The van der Waals surface area contributed by atoms with E-state index in [0.717, 1.165) is 12.0 Å². The molecule has 0 bridgehead atoms. The minimum absolute atomic E-state index is 0.0448. The summed E-state index contributed by atoms with van der Waals surface area (Å²) in [5, 5.41) is 5.59. The molecule has 0 saturated carbocycles. The Kier molecular flexibility index (Phi) is 4.71. The van der Waals surface area contributed by atoms with Crippen LogP contribution in [0.15, 0.2) is 54.6 Å². The van der Waals surface area contributed by atoms with Crippen molar-refractivity contribution in [2.45, 2.75) is 19.4 Å². The molecule has 0 heterocycles. The molecule has 0 saturated heterocycles. The molecule has 3 nitrogen and oxygen atoms in total. The van der Waals surface area contributed by atoms with Crippen molar-refractivity contribution >= 4 is 11.7 Å². The molecule has 0 aliphatic carbocycles. The molecule has 2 rings (SSSR count). The Bertz CT molecular complexity index is 554. The molecule has 0 aromatic heterocycles. The zero-order valence-electron chi connectivity index (χ0n) is 11.3. The van der Waals surface area contributed by atoms with Crippen LogP contribution < -0.4 is 10.6 Å². The molecule has 104 valence electrons. The summed E-state index contributed by atoms with van der Waals surface area (Å²) in [6, 6.07) is 15.1. The van der Waals surface area contributed by atoms with E-state index in [2.05, 4.69) is 10.6 Å². The highest BCUT2D eigenvalue weighted by Crippen LogP contribution is 2.16. The molecule has 20 heavy (non-hydrogen) atoms. The molecular weight excluding hydrogens is 255 g/mol. The van der Waals surface area contributed by atoms with Gasteiger partial charge in [0.05, 0.1) is 6.04 Å². The molecule has 2 amide bonds. The van der Waals surface area contributed by atoms with E-state index in [-0.39, 0.29) is 17.9 Å². The predicted octanol–water partition coefficient (Wildman–Crippen LogP) is 4.10. The third kappa shape index (κ3) is 3.82. The van der Waals surface area contributed by atoms with Crippen LogP contribution >= 0.6 is 0 Å². The van der Waals surface area contributed by atoms with Crippen molar-refractivity contribution in [3.05, 3.63) is 66.0 Å². The molecule has 0 spiro atoms. The van der Waals surface area contributed by atoms with Crippen molar-refractivity contribution < 1.29 is 9.18 Å². The maximum Gasteiger partial charge on any atom is 0.319 e. The van der Waals surface area contributed by atoms with Crippen LogP contribution in [0.5, 0.6) is 0 Å². The predicted molar refractivity (Wildman–Crippen MR) is 78.0 cm³/mol. The second kappa shape index (κ2) is 6.70. The molecule has 2 N–H and O–H groups in total. The number of benzene rings is 2. The summed E-state index contributed by atoms with van der Waals surface area (Å²) in [5.41, 5.74) is 1.62. The minimum Gasteiger partial charge on any atom is -0.331 e. The number of rotatable bonds is 4. The number of hydrogen-bond donors (Lipinski definition) is 2. The molecule has 4 heteroatoms. The van der Waals surface area contributed by atoms with Crippen molar-refractivity contribution in [3.8, 4) is 0 Å². The van der Waals surface area contributed by atoms with Crippen molar-refractivity contribution in [2.24, 2.45) is 0 Å². The summed E-state index contributed by atoms with van der Waals surface area (Å²) in [4.78, 5) is 11.9. The molecule has 0 aliphatic rings. The molecule has 2 aromatic rings. The highest BCUT2D eigenvalue weighted by Gasteiger charge is 2.12. The largest absolute Gasteiger partial charge is 0.331 e. The summed E-state index contributed by atoms with van der Waals surface area (Å²) in [6.07, 6.45) is 0.793. The first-order chi connectivity index (χ1) is 9.69. The van der Waals surface area contributed by atoms with Gasteiger partial charge in [-0.05, 0) is 36.2 Å². The van der Waals surface area contributed by atoms with Crippen molar-refractivity contribution in [1.82, 2.24) is 5.32 Å². The number of hydrogen-bond acceptors (Lipinski definition) is 1. The average molecular weight is 272 g/mol. The van der Waals surface area contributed by atoms with E-state index in [9.17, 15) is 9.18 Å². The maximum absolute atomic E-state index is 12.8. The number of anilines is 1. The van der Waals surface area contributed by atoms with Crippen LogP contribution in [0.1, 0.15) is 24.9 Å². The highest BCUT2D eigenvalue weighted by molar-refractivity contribution is 5.89. The number of carbonyl (C=O) groups is 1. The quantitative estimate of drug-likeness (QED) is 0.864. The van der Waals surface area contributed by atoms with Gasteiger partial charge in [0.2, 0.25) is 0 Å². The average Bonchev–Trinajstić information content (AvgIpc) is 2.48. The first-order valence-electron chi connectivity index (χ1n) is 6.57. The molecule has 2 aromatic carbocycles. The number of amides is 2. The lowest BCUT2D eigenvalue weighted by atomic mass is 10.1. The summed E-state index contributed by atoms with van der Waals surface area (Å²) < 4.78 is 12.8. The molecule has 0 aliphatic heterocycles. The van der Waals surface area contributed by atoms with Gasteiger partial charge in [0.25, 0.3) is 0 Å². The monoisotopic (exact) mass is 272 g/mol. The molecule has 0 unspecified atom stereocenters. The van der Waals surface area contributed by atoms with E-state index in [1.54, 1.807) is 0 Å². The van der Waals surface area contributed by atoms with E-state index >= 15 is 0 Å². The number of urea groups is 1. The van der Waals surface area contributed by atoms with Crippen LogP contribution in [-0.4, -0.2) is 6.03 Å². The standard InChI is InChI=1S/C16H17FN2O/c1-2-15(12-6-4-3-5-7-12)19-16(20)18-14-10-8-13(17)9-11-14/h3-11,15H,2H2,1H3,(H2,18,19,20)/t15-/m1/s1. The third-order valence-corrected chi connectivity index (χ3v) is 3.02. The fourth-order valence-electron chi connectivity index (χ4n) is 1.97. The summed E-state index contributed by atoms with van der Waals surface area (Å²) in [6.45, 7) is 2.01. The van der Waals surface area contributed by atoms with E-state index in [1.807, 2.05) is 37.3 Å². The Morgan fingerprint density at radius 2 is 1.75 bits per heavy atom. The van der Waals surface area contributed by atoms with Gasteiger partial charge in [-0.1, -0.05) is 37.3 Å². The van der Waals surface area contributed by atoms with Gasteiger partial charge in [0.1, 0.15) is 5.82 Å². The van der Waals surface area contributed by atoms with Crippen LogP contribution in [0.3, 0.4) is 0 Å². The van der Waals surface area contributed by atoms with E-state index in [0.29, 0.717) is 5.69 Å². The molecule has 0 radical (unpaired) electrons. The Balaban J connectivity index is 1.97. The van der Waals surface area contributed by atoms with Crippen molar-refractivity contribution in [2.75, 3.05) is 5.32 Å². The Labute approximate surface area is 117 Å². The van der Waals surface area contributed by atoms with Crippen LogP contribution in [0, 0.1) is 5.82 Å². The highest BCUT2D eigenvalue weighted by atomic mass is 19.1. The first-order valence-corrected chi connectivity index (χ1v) is 6.57. The number of nitrogens with one attached hydrogen (secondary N) is 2. The van der Waals surface area contributed by atoms with E-state index in [1.165, 1.54) is 24.3 Å². The second-order valence-corrected chi connectivity index (χ2v) is 4.48. The summed E-state index contributed by atoms with van der Waals surface area (Å²) >= 11 is 0. The van der Waals surface area contributed by atoms with Gasteiger partial charge in [-0.3, -0.25) is 0 Å².